The number of phenolic OH excluding ortho intramolecular Hbond substituents is 2. The van der Waals surface area contributed by atoms with Gasteiger partial charge in [-0.15, -0.1) is 6.42 Å². The molecule has 2 N–H and O–H groups in total. The summed E-state index contributed by atoms with van der Waals surface area (Å²) in [5.74, 6) is 1.29. The van der Waals surface area contributed by atoms with Gasteiger partial charge in [0.1, 0.15) is 5.75 Å². The van der Waals surface area contributed by atoms with Gasteiger partial charge in [0.05, 0.1) is 21.8 Å². The minimum Gasteiger partial charge on any atom is -0.508 e. The summed E-state index contributed by atoms with van der Waals surface area (Å²) in [6, 6.07) is 8.41. The molecule has 0 radical (unpaired) electrons. The van der Waals surface area contributed by atoms with Crippen molar-refractivity contribution in [1.82, 2.24) is 4.98 Å². The minimum atomic E-state index is -0.775. The monoisotopic (exact) mass is 313 g/mol. The van der Waals surface area contributed by atoms with Gasteiger partial charge in [-0.25, -0.2) is 9.37 Å². The SMILES string of the molecule is C#Cc1c(Cl)c(-c2ccc(O)c(F)c2)nc2ccc(O)cc12. The van der Waals surface area contributed by atoms with Crippen LogP contribution in [0.3, 0.4) is 0 Å². The number of hydrogen-bond acceptors (Lipinski definition) is 3. The zero-order chi connectivity index (χ0) is 15.9. The quantitative estimate of drug-likeness (QED) is 0.665. The summed E-state index contributed by atoms with van der Waals surface area (Å²) in [5.41, 5.74) is 1.60. The van der Waals surface area contributed by atoms with Crippen LogP contribution in [0.1, 0.15) is 5.56 Å². The summed E-state index contributed by atoms with van der Waals surface area (Å²) in [7, 11) is 0. The van der Waals surface area contributed by atoms with Crippen molar-refractivity contribution in [3.63, 3.8) is 0 Å². The fourth-order valence-corrected chi connectivity index (χ4v) is 2.52. The molecule has 0 spiro atoms. The van der Waals surface area contributed by atoms with E-state index in [4.69, 9.17) is 18.0 Å². The molecule has 0 aliphatic rings. The highest BCUT2D eigenvalue weighted by Crippen LogP contribution is 2.35. The summed E-state index contributed by atoms with van der Waals surface area (Å²) in [6.45, 7) is 0. The van der Waals surface area contributed by atoms with Crippen LogP contribution in [0.4, 0.5) is 4.39 Å². The lowest BCUT2D eigenvalue weighted by Gasteiger charge is -2.10. The van der Waals surface area contributed by atoms with E-state index in [0.717, 1.165) is 6.07 Å². The molecule has 0 unspecified atom stereocenters. The van der Waals surface area contributed by atoms with Crippen LogP contribution in [0.25, 0.3) is 22.2 Å². The lowest BCUT2D eigenvalue weighted by molar-refractivity contribution is 0.432. The Balaban J connectivity index is 2.35. The molecule has 0 saturated heterocycles. The van der Waals surface area contributed by atoms with Gasteiger partial charge in [-0.2, -0.15) is 0 Å². The van der Waals surface area contributed by atoms with Gasteiger partial charge >= 0.3 is 0 Å². The molecule has 5 heteroatoms. The van der Waals surface area contributed by atoms with Crippen molar-refractivity contribution in [2.24, 2.45) is 0 Å². The predicted octanol–water partition coefficient (Wildman–Crippen LogP) is 4.09. The molecule has 1 aromatic heterocycles. The number of benzene rings is 2. The van der Waals surface area contributed by atoms with Crippen LogP contribution < -0.4 is 0 Å². The van der Waals surface area contributed by atoms with E-state index in [0.29, 0.717) is 27.7 Å². The number of halogens is 2. The summed E-state index contributed by atoms with van der Waals surface area (Å²) in [4.78, 5) is 4.38. The molecule has 1 heterocycles. The van der Waals surface area contributed by atoms with Gasteiger partial charge in [0, 0.05) is 10.9 Å². The summed E-state index contributed by atoms with van der Waals surface area (Å²) < 4.78 is 13.6. The molecule has 0 bridgehead atoms. The Bertz CT molecular complexity index is 948. The molecule has 108 valence electrons. The van der Waals surface area contributed by atoms with E-state index in [1.54, 1.807) is 6.07 Å². The van der Waals surface area contributed by atoms with E-state index >= 15 is 0 Å². The standard InChI is InChI=1S/C17H9ClFNO2/c1-2-11-12-8-10(21)4-5-14(12)20-17(16(11)18)9-3-6-15(22)13(19)7-9/h1,3-8,21-22H. The average molecular weight is 314 g/mol. The van der Waals surface area contributed by atoms with Gasteiger partial charge in [-0.1, -0.05) is 17.5 Å². The van der Waals surface area contributed by atoms with Crippen molar-refractivity contribution >= 4 is 22.5 Å². The third-order valence-electron chi connectivity index (χ3n) is 3.27. The summed E-state index contributed by atoms with van der Waals surface area (Å²) >= 11 is 6.30. The maximum absolute atomic E-state index is 13.6. The van der Waals surface area contributed by atoms with Crippen molar-refractivity contribution in [3.05, 3.63) is 52.8 Å². The van der Waals surface area contributed by atoms with Crippen LogP contribution >= 0.6 is 11.6 Å². The normalized spacial score (nSPS) is 10.6. The zero-order valence-corrected chi connectivity index (χ0v) is 11.9. The van der Waals surface area contributed by atoms with E-state index in [9.17, 15) is 14.6 Å². The minimum absolute atomic E-state index is 0.0466. The van der Waals surface area contributed by atoms with E-state index in [-0.39, 0.29) is 10.8 Å². The number of phenols is 2. The second-order valence-electron chi connectivity index (χ2n) is 4.66. The highest BCUT2D eigenvalue weighted by Gasteiger charge is 2.15. The third-order valence-corrected chi connectivity index (χ3v) is 3.64. The number of hydrogen-bond donors (Lipinski definition) is 2. The van der Waals surface area contributed by atoms with Gasteiger partial charge in [-0.05, 0) is 36.4 Å². The Morgan fingerprint density at radius 1 is 1.14 bits per heavy atom. The van der Waals surface area contributed by atoms with Crippen LogP contribution in [-0.2, 0) is 0 Å². The Morgan fingerprint density at radius 3 is 2.59 bits per heavy atom. The smallest absolute Gasteiger partial charge is 0.165 e. The maximum atomic E-state index is 13.6. The Labute approximate surface area is 130 Å². The average Bonchev–Trinajstić information content (AvgIpc) is 2.50. The summed E-state index contributed by atoms with van der Waals surface area (Å²) in [6.07, 6.45) is 5.51. The Kier molecular flexibility index (Phi) is 3.36. The molecule has 22 heavy (non-hydrogen) atoms. The second kappa shape index (κ2) is 5.21. The fraction of sp³-hybridized carbons (Fsp3) is 0. The highest BCUT2D eigenvalue weighted by molar-refractivity contribution is 6.35. The van der Waals surface area contributed by atoms with Crippen molar-refractivity contribution in [3.8, 4) is 35.1 Å². The molecular weight excluding hydrogens is 305 g/mol. The molecule has 3 aromatic rings. The van der Waals surface area contributed by atoms with Gasteiger partial charge in [0.15, 0.2) is 11.6 Å². The first-order valence-electron chi connectivity index (χ1n) is 6.29. The Hall–Kier alpha value is -2.77. The van der Waals surface area contributed by atoms with Gasteiger partial charge in [0.25, 0.3) is 0 Å². The zero-order valence-electron chi connectivity index (χ0n) is 11.1. The molecule has 0 fully saturated rings. The second-order valence-corrected chi connectivity index (χ2v) is 5.04. The number of aromatic hydroxyl groups is 2. The summed E-state index contributed by atoms with van der Waals surface area (Å²) in [5, 5.41) is 19.6. The van der Waals surface area contributed by atoms with Crippen molar-refractivity contribution in [2.75, 3.05) is 0 Å². The van der Waals surface area contributed by atoms with E-state index in [1.165, 1.54) is 24.3 Å². The van der Waals surface area contributed by atoms with E-state index in [2.05, 4.69) is 10.9 Å². The number of pyridine rings is 1. The molecule has 0 aliphatic heterocycles. The maximum Gasteiger partial charge on any atom is 0.165 e. The lowest BCUT2D eigenvalue weighted by Crippen LogP contribution is -1.93. The van der Waals surface area contributed by atoms with Crippen molar-refractivity contribution < 1.29 is 14.6 Å². The van der Waals surface area contributed by atoms with E-state index < -0.39 is 11.6 Å². The van der Waals surface area contributed by atoms with Gasteiger partial charge in [0.2, 0.25) is 0 Å². The number of aromatic nitrogens is 1. The first kappa shape index (κ1) is 14.2. The molecular formula is C17H9ClFNO2. The number of nitrogens with zero attached hydrogens (tertiary/aromatic N) is 1. The largest absolute Gasteiger partial charge is 0.508 e. The molecule has 0 atom stereocenters. The van der Waals surface area contributed by atoms with Crippen molar-refractivity contribution in [1.29, 1.82) is 0 Å². The first-order chi connectivity index (χ1) is 10.5. The third kappa shape index (κ3) is 2.22. The van der Waals surface area contributed by atoms with E-state index in [1.807, 2.05) is 0 Å². The number of terminal acetylenes is 1. The molecule has 0 saturated carbocycles. The highest BCUT2D eigenvalue weighted by atomic mass is 35.5. The fourth-order valence-electron chi connectivity index (χ4n) is 2.21. The van der Waals surface area contributed by atoms with Crippen LogP contribution in [-0.4, -0.2) is 15.2 Å². The Morgan fingerprint density at radius 2 is 1.91 bits per heavy atom. The topological polar surface area (TPSA) is 53.4 Å². The predicted molar refractivity (Wildman–Crippen MR) is 83.4 cm³/mol. The molecule has 3 nitrogen and oxygen atoms in total. The van der Waals surface area contributed by atoms with Crippen LogP contribution in [0, 0.1) is 18.2 Å². The number of rotatable bonds is 1. The van der Waals surface area contributed by atoms with Crippen LogP contribution in [0.5, 0.6) is 11.5 Å². The van der Waals surface area contributed by atoms with Gasteiger partial charge < -0.3 is 10.2 Å². The van der Waals surface area contributed by atoms with Crippen molar-refractivity contribution in [2.45, 2.75) is 0 Å². The molecule has 0 aliphatic carbocycles. The molecule has 2 aromatic carbocycles. The van der Waals surface area contributed by atoms with Gasteiger partial charge in [-0.3, -0.25) is 0 Å². The molecule has 3 rings (SSSR count). The first-order valence-corrected chi connectivity index (χ1v) is 6.67. The molecule has 0 amide bonds. The lowest BCUT2D eigenvalue weighted by atomic mass is 10.0. The number of fused-ring (bicyclic) bond motifs is 1. The van der Waals surface area contributed by atoms with Crippen LogP contribution in [0.2, 0.25) is 5.02 Å². The van der Waals surface area contributed by atoms with Crippen LogP contribution in [0.15, 0.2) is 36.4 Å².